The predicted molar refractivity (Wildman–Crippen MR) is 260 cm³/mol. The van der Waals surface area contributed by atoms with Gasteiger partial charge in [0.25, 0.3) is 0 Å². The quantitative estimate of drug-likeness (QED) is 0.0349. The Hall–Kier alpha value is -2.40. The van der Waals surface area contributed by atoms with Crippen LogP contribution in [0.25, 0.3) is 0 Å². The van der Waals surface area contributed by atoms with E-state index in [2.05, 4.69) is 86.4 Å². The van der Waals surface area contributed by atoms with E-state index in [0.717, 1.165) is 77.2 Å². The minimum atomic E-state index is -0.129. The van der Waals surface area contributed by atoms with Gasteiger partial charge in [0.1, 0.15) is 6.10 Å². The van der Waals surface area contributed by atoms with Crippen molar-refractivity contribution < 1.29 is 19.1 Å². The fourth-order valence-corrected chi connectivity index (χ4v) is 8.56. The highest BCUT2D eigenvalue weighted by atomic mass is 16.5. The van der Waals surface area contributed by atoms with Gasteiger partial charge < -0.3 is 14.4 Å². The van der Waals surface area contributed by atoms with E-state index < -0.39 is 0 Å². The molecule has 0 aliphatic heterocycles. The fraction of sp³-hybridized carbons (Fsp3) is 0.782. The maximum absolute atomic E-state index is 13.6. The van der Waals surface area contributed by atoms with E-state index >= 15 is 0 Å². The lowest BCUT2D eigenvalue weighted by Crippen LogP contribution is -2.27. The molecule has 0 radical (unpaired) electrons. The molecule has 0 aromatic rings. The summed E-state index contributed by atoms with van der Waals surface area (Å²) in [5.74, 6) is 0.0425. The lowest BCUT2D eigenvalue weighted by atomic mass is 9.84. The molecule has 0 aromatic carbocycles. The number of allylic oxidation sites excluding steroid dienone is 10. The molecule has 1 aliphatic rings. The molecule has 3 unspecified atom stereocenters. The molecule has 0 aromatic heterocycles. The van der Waals surface area contributed by atoms with Gasteiger partial charge in [0.2, 0.25) is 0 Å². The van der Waals surface area contributed by atoms with Gasteiger partial charge in [-0.1, -0.05) is 159 Å². The zero-order chi connectivity index (χ0) is 43.6. The van der Waals surface area contributed by atoms with E-state index in [-0.39, 0.29) is 35.8 Å². The molecule has 0 heterocycles. The molecule has 346 valence electrons. The van der Waals surface area contributed by atoms with Crippen LogP contribution in [0.4, 0.5) is 0 Å². The van der Waals surface area contributed by atoms with Gasteiger partial charge in [-0.05, 0) is 148 Å². The molecule has 1 aliphatic carbocycles. The Morgan fingerprint density at radius 3 is 1.53 bits per heavy atom. The van der Waals surface area contributed by atoms with Gasteiger partial charge in [-0.15, -0.1) is 0 Å². The molecule has 0 saturated heterocycles. The Balaban J connectivity index is 2.55. The molecule has 0 N–H and O–H groups in total. The van der Waals surface area contributed by atoms with Crippen molar-refractivity contribution in [1.82, 2.24) is 4.90 Å². The molecule has 60 heavy (non-hydrogen) atoms. The monoisotopic (exact) mass is 836 g/mol. The number of rotatable bonds is 41. The molecule has 0 bridgehead atoms. The first-order chi connectivity index (χ1) is 29.4. The number of hydrogen-bond acceptors (Lipinski definition) is 5. The molecule has 5 nitrogen and oxygen atoms in total. The standard InChI is InChI=1S/C55H97NO4/c1-6-9-12-14-16-18-20-22-24-26-28-30-32-34-36-39-42-51(43-40-37-35-33-31-29-27-25-23-21-19-17-15-13-10-7-2)60-54(57)49-50-45-46-53(52(50)44-38-11-8-3)55(58)59-48-41-47-56(4)5/h11,16-19,22-25,38,50-53H,6-10,12-15,20-21,26-37,39-49H2,1-5H3/b18-16-,19-17-,24-22-,25-23-,38-11-. The van der Waals surface area contributed by atoms with Gasteiger partial charge in [0.15, 0.2) is 0 Å². The van der Waals surface area contributed by atoms with Crippen LogP contribution in [-0.2, 0) is 19.1 Å². The second-order valence-electron chi connectivity index (χ2n) is 18.1. The van der Waals surface area contributed by atoms with Crippen LogP contribution in [0.15, 0.2) is 60.8 Å². The summed E-state index contributed by atoms with van der Waals surface area (Å²) in [5.41, 5.74) is 0. The van der Waals surface area contributed by atoms with Crippen LogP contribution in [0.5, 0.6) is 0 Å². The van der Waals surface area contributed by atoms with Crippen molar-refractivity contribution in [3.05, 3.63) is 60.8 Å². The predicted octanol–water partition coefficient (Wildman–Crippen LogP) is 16.2. The second kappa shape index (κ2) is 41.9. The van der Waals surface area contributed by atoms with Crippen molar-refractivity contribution in [2.75, 3.05) is 27.2 Å². The van der Waals surface area contributed by atoms with Crippen LogP contribution in [-0.4, -0.2) is 50.2 Å². The summed E-state index contributed by atoms with van der Waals surface area (Å²) in [6.07, 6.45) is 59.5. The third-order valence-electron chi connectivity index (χ3n) is 12.3. The van der Waals surface area contributed by atoms with E-state index in [1.165, 1.54) is 128 Å². The highest BCUT2D eigenvalue weighted by Crippen LogP contribution is 2.42. The number of esters is 2. The van der Waals surface area contributed by atoms with Crippen molar-refractivity contribution in [2.45, 2.75) is 232 Å². The zero-order valence-electron chi connectivity index (χ0n) is 40.2. The number of carbonyl (C=O) groups is 2. The van der Waals surface area contributed by atoms with Gasteiger partial charge in [0.05, 0.1) is 12.5 Å². The molecule has 1 saturated carbocycles. The van der Waals surface area contributed by atoms with Crippen molar-refractivity contribution in [3.63, 3.8) is 0 Å². The van der Waals surface area contributed by atoms with Crippen LogP contribution in [0, 0.1) is 17.8 Å². The van der Waals surface area contributed by atoms with Crippen LogP contribution in [0.3, 0.4) is 0 Å². The number of carbonyl (C=O) groups excluding carboxylic acids is 2. The molecular weight excluding hydrogens is 739 g/mol. The largest absolute Gasteiger partial charge is 0.465 e. The first-order valence-electron chi connectivity index (χ1n) is 25.7. The first-order valence-corrected chi connectivity index (χ1v) is 25.7. The van der Waals surface area contributed by atoms with E-state index in [0.29, 0.717) is 13.0 Å². The van der Waals surface area contributed by atoms with Gasteiger partial charge in [-0.2, -0.15) is 0 Å². The Morgan fingerprint density at radius 2 is 1.05 bits per heavy atom. The molecule has 3 atom stereocenters. The van der Waals surface area contributed by atoms with Crippen molar-refractivity contribution in [1.29, 1.82) is 0 Å². The summed E-state index contributed by atoms with van der Waals surface area (Å²) in [6.45, 7) is 8.02. The number of nitrogens with zero attached hydrogens (tertiary/aromatic N) is 1. The van der Waals surface area contributed by atoms with Crippen LogP contribution < -0.4 is 0 Å². The third kappa shape index (κ3) is 33.3. The average Bonchev–Trinajstić information content (AvgIpc) is 3.63. The fourth-order valence-electron chi connectivity index (χ4n) is 8.56. The summed E-state index contributed by atoms with van der Waals surface area (Å²) in [6, 6.07) is 0. The van der Waals surface area contributed by atoms with Crippen LogP contribution in [0.1, 0.15) is 226 Å². The molecular formula is C55H97NO4. The number of unbranched alkanes of at least 4 members (excludes halogenated alkanes) is 18. The van der Waals surface area contributed by atoms with Gasteiger partial charge in [-0.25, -0.2) is 0 Å². The van der Waals surface area contributed by atoms with E-state index in [1.807, 2.05) is 14.1 Å². The zero-order valence-corrected chi connectivity index (χ0v) is 40.2. The van der Waals surface area contributed by atoms with Crippen molar-refractivity contribution in [2.24, 2.45) is 17.8 Å². The Morgan fingerprint density at radius 1 is 0.567 bits per heavy atom. The summed E-state index contributed by atoms with van der Waals surface area (Å²) in [4.78, 5) is 28.9. The van der Waals surface area contributed by atoms with Gasteiger partial charge in [0, 0.05) is 13.0 Å². The second-order valence-corrected chi connectivity index (χ2v) is 18.1. The number of hydrogen-bond donors (Lipinski definition) is 0. The minimum absolute atomic E-state index is 0.00598. The highest BCUT2D eigenvalue weighted by Gasteiger charge is 2.41. The summed E-state index contributed by atoms with van der Waals surface area (Å²) >= 11 is 0. The SMILES string of the molecule is CC/C=C\CC1C(CC(=O)OC(CCCCCCCC/C=C\C/C=C\CCCCC)CCCCCCCC/C=C\C/C=C\CCCCC)CCC1C(=O)OCCCN(C)C. The Labute approximate surface area is 372 Å². The lowest BCUT2D eigenvalue weighted by molar-refractivity contribution is -0.153. The maximum atomic E-state index is 13.6. The van der Waals surface area contributed by atoms with Crippen LogP contribution >= 0.6 is 0 Å². The Kier molecular flexibility index (Phi) is 38.9. The van der Waals surface area contributed by atoms with Gasteiger partial charge in [-0.3, -0.25) is 9.59 Å². The maximum Gasteiger partial charge on any atom is 0.309 e. The summed E-state index contributed by atoms with van der Waals surface area (Å²) in [5, 5.41) is 0. The molecule has 0 amide bonds. The lowest BCUT2D eigenvalue weighted by Gasteiger charge is -2.24. The molecule has 1 fully saturated rings. The summed E-state index contributed by atoms with van der Waals surface area (Å²) < 4.78 is 12.1. The molecule has 1 rings (SSSR count). The minimum Gasteiger partial charge on any atom is -0.465 e. The average molecular weight is 836 g/mol. The molecule has 5 heteroatoms. The van der Waals surface area contributed by atoms with Crippen molar-refractivity contribution >= 4 is 11.9 Å². The van der Waals surface area contributed by atoms with Crippen molar-refractivity contribution in [3.8, 4) is 0 Å². The topological polar surface area (TPSA) is 55.8 Å². The van der Waals surface area contributed by atoms with Gasteiger partial charge >= 0.3 is 11.9 Å². The number of ether oxygens (including phenoxy) is 2. The smallest absolute Gasteiger partial charge is 0.309 e. The van der Waals surface area contributed by atoms with Crippen LogP contribution in [0.2, 0.25) is 0 Å². The normalized spacial score (nSPS) is 17.4. The summed E-state index contributed by atoms with van der Waals surface area (Å²) in [7, 11) is 4.08. The third-order valence-corrected chi connectivity index (χ3v) is 12.3. The Bertz CT molecular complexity index is 1090. The van der Waals surface area contributed by atoms with E-state index in [4.69, 9.17) is 9.47 Å². The first kappa shape index (κ1) is 55.6. The van der Waals surface area contributed by atoms with E-state index in [1.54, 1.807) is 0 Å². The van der Waals surface area contributed by atoms with E-state index in [9.17, 15) is 9.59 Å². The molecule has 0 spiro atoms. The highest BCUT2D eigenvalue weighted by molar-refractivity contribution is 5.74.